The second kappa shape index (κ2) is 5.99. The zero-order valence-electron chi connectivity index (χ0n) is 12.8. The molecular formula is C17H21NO4. The number of hydrogen-bond donors (Lipinski definition) is 0. The first kappa shape index (κ1) is 14.9. The number of esters is 1. The molecule has 1 spiro atoms. The summed E-state index contributed by atoms with van der Waals surface area (Å²) in [4.78, 5) is 25.9. The van der Waals surface area contributed by atoms with Crippen LogP contribution in [0.15, 0.2) is 30.3 Å². The van der Waals surface area contributed by atoms with Gasteiger partial charge in [-0.25, -0.2) is 9.59 Å². The lowest BCUT2D eigenvalue weighted by atomic mass is 9.90. The van der Waals surface area contributed by atoms with Crippen LogP contribution >= 0.6 is 0 Å². The summed E-state index contributed by atoms with van der Waals surface area (Å²) < 4.78 is 10.2. The molecule has 3 rings (SSSR count). The number of nitrogens with zero attached hydrogens (tertiary/aromatic N) is 1. The minimum atomic E-state index is -0.514. The smallest absolute Gasteiger partial charge is 0.410 e. The molecule has 2 aliphatic rings. The second-order valence-corrected chi connectivity index (χ2v) is 6.25. The van der Waals surface area contributed by atoms with Crippen molar-refractivity contribution in [1.82, 2.24) is 4.90 Å². The highest BCUT2D eigenvalue weighted by Crippen LogP contribution is 2.53. The van der Waals surface area contributed by atoms with Crippen LogP contribution in [-0.2, 0) is 20.9 Å². The maximum Gasteiger partial charge on any atom is 0.410 e. The van der Waals surface area contributed by atoms with Gasteiger partial charge in [-0.2, -0.15) is 0 Å². The number of benzene rings is 1. The van der Waals surface area contributed by atoms with Gasteiger partial charge in [-0.1, -0.05) is 30.3 Å². The van der Waals surface area contributed by atoms with Gasteiger partial charge >= 0.3 is 12.1 Å². The molecular weight excluding hydrogens is 282 g/mol. The van der Waals surface area contributed by atoms with E-state index in [1.54, 1.807) is 4.90 Å². The first-order chi connectivity index (χ1) is 10.6. The summed E-state index contributed by atoms with van der Waals surface area (Å²) >= 11 is 0. The fourth-order valence-corrected chi connectivity index (χ4v) is 3.11. The molecule has 118 valence electrons. The Morgan fingerprint density at radius 2 is 1.95 bits per heavy atom. The maximum absolute atomic E-state index is 12.4. The first-order valence-corrected chi connectivity index (χ1v) is 7.69. The van der Waals surface area contributed by atoms with Gasteiger partial charge in [-0.15, -0.1) is 0 Å². The Labute approximate surface area is 130 Å². The summed E-state index contributed by atoms with van der Waals surface area (Å²) in [6.07, 6.45) is 3.47. The van der Waals surface area contributed by atoms with Crippen molar-refractivity contribution in [3.63, 3.8) is 0 Å². The van der Waals surface area contributed by atoms with E-state index in [4.69, 9.17) is 9.47 Å². The van der Waals surface area contributed by atoms with Crippen LogP contribution in [0.3, 0.4) is 0 Å². The summed E-state index contributed by atoms with van der Waals surface area (Å²) in [5.74, 6) is -0.354. The molecule has 0 N–H and O–H groups in total. The summed E-state index contributed by atoms with van der Waals surface area (Å²) in [6, 6.07) is 9.02. The van der Waals surface area contributed by atoms with Crippen LogP contribution in [0.2, 0.25) is 0 Å². The average Bonchev–Trinajstić information content (AvgIpc) is 3.31. The van der Waals surface area contributed by atoms with Gasteiger partial charge in [0, 0.05) is 6.54 Å². The molecule has 22 heavy (non-hydrogen) atoms. The lowest BCUT2D eigenvalue weighted by molar-refractivity contribution is -0.148. The third-order valence-electron chi connectivity index (χ3n) is 4.70. The monoisotopic (exact) mass is 303 g/mol. The Morgan fingerprint density at radius 3 is 2.59 bits per heavy atom. The SMILES string of the molecule is COC(=O)C1CCC2(CC2)CN1C(=O)OCc1ccccc1. The normalized spacial score (nSPS) is 22.2. The van der Waals surface area contributed by atoms with Crippen molar-refractivity contribution in [2.75, 3.05) is 13.7 Å². The predicted molar refractivity (Wildman–Crippen MR) is 80.0 cm³/mol. The number of carbonyl (C=O) groups is 2. The number of rotatable bonds is 3. The predicted octanol–water partition coefficient (Wildman–Crippen LogP) is 2.74. The van der Waals surface area contributed by atoms with Gasteiger partial charge < -0.3 is 9.47 Å². The Kier molecular flexibility index (Phi) is 4.05. The third-order valence-corrected chi connectivity index (χ3v) is 4.70. The molecule has 0 aromatic heterocycles. The zero-order valence-corrected chi connectivity index (χ0v) is 12.8. The molecule has 2 fully saturated rings. The van der Waals surface area contributed by atoms with Crippen molar-refractivity contribution in [3.8, 4) is 0 Å². The average molecular weight is 303 g/mol. The van der Waals surface area contributed by atoms with Crippen LogP contribution in [0.1, 0.15) is 31.2 Å². The van der Waals surface area contributed by atoms with E-state index in [0.29, 0.717) is 13.0 Å². The van der Waals surface area contributed by atoms with Gasteiger partial charge in [0.05, 0.1) is 7.11 Å². The Bertz CT molecular complexity index is 553. The van der Waals surface area contributed by atoms with Crippen molar-refractivity contribution in [2.24, 2.45) is 5.41 Å². The van der Waals surface area contributed by atoms with E-state index in [2.05, 4.69) is 0 Å². The van der Waals surface area contributed by atoms with Crippen LogP contribution in [-0.4, -0.2) is 36.7 Å². The van der Waals surface area contributed by atoms with Crippen molar-refractivity contribution < 1.29 is 19.1 Å². The van der Waals surface area contributed by atoms with Crippen LogP contribution in [0.4, 0.5) is 4.79 Å². The lowest BCUT2D eigenvalue weighted by Gasteiger charge is -2.37. The molecule has 1 saturated carbocycles. The second-order valence-electron chi connectivity index (χ2n) is 6.25. The van der Waals surface area contributed by atoms with E-state index in [1.165, 1.54) is 7.11 Å². The third kappa shape index (κ3) is 3.08. The Balaban J connectivity index is 1.65. The highest BCUT2D eigenvalue weighted by atomic mass is 16.6. The van der Waals surface area contributed by atoms with Crippen molar-refractivity contribution >= 4 is 12.1 Å². The summed E-state index contributed by atoms with van der Waals surface area (Å²) in [7, 11) is 1.36. The van der Waals surface area contributed by atoms with Crippen LogP contribution in [0.5, 0.6) is 0 Å². The van der Waals surface area contributed by atoms with Crippen molar-refractivity contribution in [3.05, 3.63) is 35.9 Å². The molecule has 5 heteroatoms. The van der Waals surface area contributed by atoms with E-state index < -0.39 is 12.1 Å². The van der Waals surface area contributed by atoms with Gasteiger partial charge in [0.15, 0.2) is 0 Å². The zero-order chi connectivity index (χ0) is 15.6. The Morgan fingerprint density at radius 1 is 1.23 bits per heavy atom. The van der Waals surface area contributed by atoms with Crippen LogP contribution in [0, 0.1) is 5.41 Å². The number of piperidine rings is 1. The maximum atomic E-state index is 12.4. The molecule has 1 atom stereocenters. The van der Waals surface area contributed by atoms with Crippen LogP contribution < -0.4 is 0 Å². The minimum Gasteiger partial charge on any atom is -0.467 e. The molecule has 5 nitrogen and oxygen atoms in total. The molecule has 1 heterocycles. The number of likely N-dealkylation sites (tertiary alicyclic amines) is 1. The molecule has 1 unspecified atom stereocenters. The van der Waals surface area contributed by atoms with E-state index in [9.17, 15) is 9.59 Å². The van der Waals surface area contributed by atoms with E-state index >= 15 is 0 Å². The van der Waals surface area contributed by atoms with Gasteiger partial charge in [0.2, 0.25) is 0 Å². The Hall–Kier alpha value is -2.04. The summed E-state index contributed by atoms with van der Waals surface area (Å²) in [5.41, 5.74) is 1.15. The fourth-order valence-electron chi connectivity index (χ4n) is 3.11. The molecule has 1 aromatic rings. The molecule has 1 saturated heterocycles. The molecule has 1 aliphatic heterocycles. The number of hydrogen-bond acceptors (Lipinski definition) is 4. The summed E-state index contributed by atoms with van der Waals surface area (Å²) in [6.45, 7) is 0.817. The number of amides is 1. The quantitative estimate of drug-likeness (QED) is 0.806. The lowest BCUT2D eigenvalue weighted by Crippen LogP contribution is -2.51. The first-order valence-electron chi connectivity index (χ1n) is 7.69. The van der Waals surface area contributed by atoms with Crippen molar-refractivity contribution in [1.29, 1.82) is 0 Å². The summed E-state index contributed by atoms with van der Waals surface area (Å²) in [5, 5.41) is 0. The van der Waals surface area contributed by atoms with E-state index in [-0.39, 0.29) is 18.0 Å². The van der Waals surface area contributed by atoms with Crippen LogP contribution in [0.25, 0.3) is 0 Å². The number of ether oxygens (including phenoxy) is 2. The van der Waals surface area contributed by atoms with Crippen molar-refractivity contribution in [2.45, 2.75) is 38.3 Å². The van der Waals surface area contributed by atoms with Gasteiger partial charge in [0.25, 0.3) is 0 Å². The van der Waals surface area contributed by atoms with E-state index in [1.807, 2.05) is 30.3 Å². The van der Waals surface area contributed by atoms with Gasteiger partial charge in [0.1, 0.15) is 12.6 Å². The molecule has 0 radical (unpaired) electrons. The molecule has 1 amide bonds. The topological polar surface area (TPSA) is 55.8 Å². The molecule has 1 aromatic carbocycles. The van der Waals surface area contributed by atoms with E-state index in [0.717, 1.165) is 24.8 Å². The molecule has 1 aliphatic carbocycles. The van der Waals surface area contributed by atoms with Gasteiger partial charge in [-0.3, -0.25) is 4.90 Å². The number of methoxy groups -OCH3 is 1. The largest absolute Gasteiger partial charge is 0.467 e. The highest BCUT2D eigenvalue weighted by Gasteiger charge is 2.51. The minimum absolute atomic E-state index is 0.219. The standard InChI is InChI=1S/C17H21NO4/c1-21-15(19)14-7-8-17(9-10-17)12-18(14)16(20)22-11-13-5-3-2-4-6-13/h2-6,14H,7-12H2,1H3. The highest BCUT2D eigenvalue weighted by molar-refractivity contribution is 5.81. The molecule has 0 bridgehead atoms. The number of carbonyl (C=O) groups excluding carboxylic acids is 2. The fraction of sp³-hybridized carbons (Fsp3) is 0.529. The van der Waals surface area contributed by atoms with Gasteiger partial charge in [-0.05, 0) is 36.7 Å².